The maximum Gasteiger partial charge on any atom is 0.269 e. The molecule has 0 radical (unpaired) electrons. The Labute approximate surface area is 152 Å². The van der Waals surface area contributed by atoms with Crippen LogP contribution < -0.4 is 9.62 Å². The number of nitrogens with one attached hydrogen (secondary N) is 1. The number of aromatic nitrogens is 1. The summed E-state index contributed by atoms with van der Waals surface area (Å²) in [6, 6.07) is 9.27. The molecule has 138 valence electrons. The third kappa shape index (κ3) is 4.77. The van der Waals surface area contributed by atoms with Gasteiger partial charge < -0.3 is 4.90 Å². The van der Waals surface area contributed by atoms with Gasteiger partial charge in [-0.25, -0.2) is 18.1 Å². The molecule has 1 aliphatic rings. The fourth-order valence-corrected chi connectivity index (χ4v) is 3.95. The Morgan fingerprint density at radius 3 is 2.31 bits per heavy atom. The normalized spacial score (nSPS) is 14.5. The minimum Gasteiger partial charge on any atom is -0.357 e. The molecule has 1 aliphatic heterocycles. The van der Waals surface area contributed by atoms with Crippen LogP contribution in [0.5, 0.6) is 0 Å². The molecule has 2 aromatic rings. The van der Waals surface area contributed by atoms with Crippen LogP contribution in [0.25, 0.3) is 0 Å². The van der Waals surface area contributed by atoms with Crippen molar-refractivity contribution in [1.82, 2.24) is 9.71 Å². The van der Waals surface area contributed by atoms with Crippen molar-refractivity contribution in [3.8, 4) is 0 Å². The highest BCUT2D eigenvalue weighted by molar-refractivity contribution is 7.88. The molecule has 1 N–H and O–H groups in total. The number of non-ortho nitro benzene ring substituents is 1. The van der Waals surface area contributed by atoms with Crippen molar-refractivity contribution in [1.29, 1.82) is 0 Å². The highest BCUT2D eigenvalue weighted by Gasteiger charge is 2.15. The summed E-state index contributed by atoms with van der Waals surface area (Å²) in [6.07, 6.45) is 4.03. The van der Waals surface area contributed by atoms with Gasteiger partial charge in [0.05, 0.1) is 10.7 Å². The van der Waals surface area contributed by atoms with Gasteiger partial charge in [0, 0.05) is 38.0 Å². The van der Waals surface area contributed by atoms with Crippen molar-refractivity contribution in [2.75, 3.05) is 18.0 Å². The average molecular weight is 376 g/mol. The highest BCUT2D eigenvalue weighted by Crippen LogP contribution is 2.18. The zero-order valence-corrected chi connectivity index (χ0v) is 15.0. The summed E-state index contributed by atoms with van der Waals surface area (Å²) < 4.78 is 26.9. The van der Waals surface area contributed by atoms with Gasteiger partial charge in [0.1, 0.15) is 5.82 Å². The van der Waals surface area contributed by atoms with Crippen LogP contribution in [0, 0.1) is 10.1 Å². The monoisotopic (exact) mass is 376 g/mol. The van der Waals surface area contributed by atoms with Crippen LogP contribution in [0.4, 0.5) is 11.5 Å². The summed E-state index contributed by atoms with van der Waals surface area (Å²) in [6.45, 7) is 2.17. The van der Waals surface area contributed by atoms with E-state index >= 15 is 0 Å². The number of rotatable bonds is 7. The first-order valence-electron chi connectivity index (χ1n) is 8.33. The lowest BCUT2D eigenvalue weighted by Crippen LogP contribution is -2.25. The van der Waals surface area contributed by atoms with E-state index in [0.29, 0.717) is 5.56 Å². The Morgan fingerprint density at radius 1 is 1.08 bits per heavy atom. The molecule has 0 unspecified atom stereocenters. The maximum absolute atomic E-state index is 12.2. The van der Waals surface area contributed by atoms with Crippen molar-refractivity contribution in [2.24, 2.45) is 0 Å². The molecule has 0 bridgehead atoms. The van der Waals surface area contributed by atoms with Crippen molar-refractivity contribution < 1.29 is 13.3 Å². The first kappa shape index (κ1) is 18.3. The lowest BCUT2D eigenvalue weighted by atomic mass is 10.2. The fraction of sp³-hybridized carbons (Fsp3) is 0.353. The molecule has 8 nitrogen and oxygen atoms in total. The molecule has 3 rings (SSSR count). The first-order chi connectivity index (χ1) is 12.4. The number of sulfonamides is 1. The van der Waals surface area contributed by atoms with Crippen molar-refractivity contribution in [2.45, 2.75) is 25.1 Å². The Balaban J connectivity index is 1.56. The Hall–Kier alpha value is -2.52. The van der Waals surface area contributed by atoms with Gasteiger partial charge in [0.2, 0.25) is 10.0 Å². The molecule has 2 heterocycles. The summed E-state index contributed by atoms with van der Waals surface area (Å²) in [5.41, 5.74) is 1.20. The Morgan fingerprint density at radius 2 is 1.73 bits per heavy atom. The van der Waals surface area contributed by atoms with Crippen LogP contribution in [0.15, 0.2) is 42.6 Å². The van der Waals surface area contributed by atoms with Crippen LogP contribution in [-0.4, -0.2) is 31.4 Å². The number of pyridine rings is 1. The second kappa shape index (κ2) is 7.79. The molecule has 0 atom stereocenters. The van der Waals surface area contributed by atoms with E-state index in [2.05, 4.69) is 14.6 Å². The van der Waals surface area contributed by atoms with Gasteiger partial charge in [0.25, 0.3) is 5.69 Å². The van der Waals surface area contributed by atoms with Crippen LogP contribution in [-0.2, 0) is 22.3 Å². The van der Waals surface area contributed by atoms with E-state index in [4.69, 9.17) is 0 Å². The molecule has 1 saturated heterocycles. The van der Waals surface area contributed by atoms with Gasteiger partial charge in [-0.05, 0) is 30.0 Å². The average Bonchev–Trinajstić information content (AvgIpc) is 3.15. The van der Waals surface area contributed by atoms with Crippen molar-refractivity contribution in [3.63, 3.8) is 0 Å². The maximum atomic E-state index is 12.2. The summed E-state index contributed by atoms with van der Waals surface area (Å²) in [5.74, 6) is 0.685. The predicted molar refractivity (Wildman–Crippen MR) is 98.2 cm³/mol. The second-order valence-electron chi connectivity index (χ2n) is 6.22. The number of hydrogen-bond donors (Lipinski definition) is 1. The SMILES string of the molecule is O=[N+]([O-])c1ccc(CS(=O)(=O)NCc2ccc(N3CCCC3)nc2)cc1. The number of hydrogen-bond acceptors (Lipinski definition) is 6. The quantitative estimate of drug-likeness (QED) is 0.587. The molecular weight excluding hydrogens is 356 g/mol. The van der Waals surface area contributed by atoms with Gasteiger partial charge in [0.15, 0.2) is 0 Å². The third-order valence-electron chi connectivity index (χ3n) is 4.24. The van der Waals surface area contributed by atoms with E-state index in [1.807, 2.05) is 12.1 Å². The molecule has 26 heavy (non-hydrogen) atoms. The van der Waals surface area contributed by atoms with Gasteiger partial charge in [-0.2, -0.15) is 0 Å². The Kier molecular flexibility index (Phi) is 5.48. The van der Waals surface area contributed by atoms with E-state index in [9.17, 15) is 18.5 Å². The topological polar surface area (TPSA) is 105 Å². The Bertz CT molecular complexity index is 861. The first-order valence-corrected chi connectivity index (χ1v) is 9.99. The van der Waals surface area contributed by atoms with E-state index < -0.39 is 14.9 Å². The van der Waals surface area contributed by atoms with E-state index in [0.717, 1.165) is 24.5 Å². The summed E-state index contributed by atoms with van der Waals surface area (Å²) in [7, 11) is -3.55. The van der Waals surface area contributed by atoms with Crippen LogP contribution in [0.2, 0.25) is 0 Å². The van der Waals surface area contributed by atoms with Gasteiger partial charge in [-0.3, -0.25) is 10.1 Å². The van der Waals surface area contributed by atoms with Crippen LogP contribution >= 0.6 is 0 Å². The van der Waals surface area contributed by atoms with Crippen molar-refractivity contribution in [3.05, 3.63) is 63.8 Å². The zero-order chi connectivity index (χ0) is 18.6. The van der Waals surface area contributed by atoms with Gasteiger partial charge in [-0.1, -0.05) is 18.2 Å². The second-order valence-corrected chi connectivity index (χ2v) is 8.03. The molecule has 0 amide bonds. The standard InChI is InChI=1S/C17H20N4O4S/c22-21(23)16-6-3-14(4-7-16)13-26(24,25)19-12-15-5-8-17(18-11-15)20-9-1-2-10-20/h3-8,11,19H,1-2,9-10,12-13H2. The fourth-order valence-electron chi connectivity index (χ4n) is 2.83. The number of nitro benzene ring substituents is 1. The molecule has 0 spiro atoms. The molecule has 0 saturated carbocycles. The smallest absolute Gasteiger partial charge is 0.269 e. The summed E-state index contributed by atoms with van der Waals surface area (Å²) in [4.78, 5) is 16.7. The van der Waals surface area contributed by atoms with E-state index in [1.54, 1.807) is 6.20 Å². The molecule has 1 aromatic heterocycles. The predicted octanol–water partition coefficient (Wildman–Crippen LogP) is 2.21. The summed E-state index contributed by atoms with van der Waals surface area (Å²) in [5, 5.41) is 10.6. The van der Waals surface area contributed by atoms with Gasteiger partial charge in [-0.15, -0.1) is 0 Å². The highest BCUT2D eigenvalue weighted by atomic mass is 32.2. The minimum absolute atomic E-state index is 0.0664. The number of nitro groups is 1. The molecule has 1 fully saturated rings. The number of anilines is 1. The lowest BCUT2D eigenvalue weighted by molar-refractivity contribution is -0.384. The molecule has 1 aromatic carbocycles. The van der Waals surface area contributed by atoms with E-state index in [-0.39, 0.29) is 18.0 Å². The molecule has 9 heteroatoms. The lowest BCUT2D eigenvalue weighted by Gasteiger charge is -2.16. The minimum atomic E-state index is -3.55. The van der Waals surface area contributed by atoms with E-state index in [1.165, 1.54) is 37.1 Å². The number of benzene rings is 1. The largest absolute Gasteiger partial charge is 0.357 e. The summed E-state index contributed by atoms with van der Waals surface area (Å²) >= 11 is 0. The number of nitrogens with zero attached hydrogens (tertiary/aromatic N) is 3. The third-order valence-corrected chi connectivity index (χ3v) is 5.54. The van der Waals surface area contributed by atoms with Crippen LogP contribution in [0.1, 0.15) is 24.0 Å². The zero-order valence-electron chi connectivity index (χ0n) is 14.2. The van der Waals surface area contributed by atoms with Crippen LogP contribution in [0.3, 0.4) is 0 Å². The van der Waals surface area contributed by atoms with Gasteiger partial charge >= 0.3 is 0 Å². The molecule has 0 aliphatic carbocycles. The molecular formula is C17H20N4O4S. The van der Waals surface area contributed by atoms with Crippen molar-refractivity contribution >= 4 is 21.5 Å².